The van der Waals surface area contributed by atoms with Crippen LogP contribution in [0.4, 0.5) is 14.5 Å². The van der Waals surface area contributed by atoms with Crippen LogP contribution in [0.1, 0.15) is 12.5 Å². The van der Waals surface area contributed by atoms with Gasteiger partial charge in [-0.25, -0.2) is 0 Å². The molecule has 7 heteroatoms. The number of fused-ring (bicyclic) bond motifs is 1. The first kappa shape index (κ1) is 13.9. The van der Waals surface area contributed by atoms with Crippen molar-refractivity contribution >= 4 is 23.2 Å². The summed E-state index contributed by atoms with van der Waals surface area (Å²) in [7, 11) is 0. The van der Waals surface area contributed by atoms with Gasteiger partial charge in [-0.2, -0.15) is 0 Å². The third kappa shape index (κ3) is 2.45. The van der Waals surface area contributed by atoms with Gasteiger partial charge in [-0.1, -0.05) is 0 Å². The molecule has 1 aliphatic heterocycles. The number of anilines is 1. The minimum Gasteiger partial charge on any atom is -0.395 e. The monoisotopic (exact) mass is 291 g/mol. The number of nitrogens with zero attached hydrogens (tertiary/aromatic N) is 1. The molecule has 0 radical (unpaired) electrons. The van der Waals surface area contributed by atoms with Gasteiger partial charge in [0.2, 0.25) is 5.91 Å². The van der Waals surface area contributed by atoms with E-state index in [0.29, 0.717) is 17.8 Å². The average molecular weight is 292 g/mol. The van der Waals surface area contributed by atoms with Crippen LogP contribution in [0.5, 0.6) is 11.5 Å². The zero-order valence-electron chi connectivity index (χ0n) is 10.4. The molecule has 4 nitrogen and oxygen atoms in total. The van der Waals surface area contributed by atoms with Gasteiger partial charge in [-0.15, -0.1) is 20.4 Å². The maximum atomic E-state index is 13.0. The van der Waals surface area contributed by atoms with E-state index >= 15 is 0 Å². The highest BCUT2D eigenvalue weighted by molar-refractivity contribution is 6.29. The highest BCUT2D eigenvalue weighted by Crippen LogP contribution is 2.46. The normalized spacial score (nSPS) is 15.4. The number of hydrogen-bond donors (Lipinski definition) is 0. The van der Waals surface area contributed by atoms with Crippen molar-refractivity contribution in [3.63, 3.8) is 0 Å². The summed E-state index contributed by atoms with van der Waals surface area (Å²) in [6.45, 7) is 3.73. The Morgan fingerprint density at radius 3 is 2.68 bits per heavy atom. The molecule has 0 atom stereocenters. The molecule has 0 N–H and O–H groups in total. The number of ether oxygens (including phenoxy) is 2. The number of carbonyl (C=O) groups is 1. The SMILES string of the molecule is CCN(C(=O)CCl)c1ccc2c(c1C)OC(F)(F)O2. The second kappa shape index (κ2) is 4.85. The van der Waals surface area contributed by atoms with Crippen LogP contribution in [0, 0.1) is 6.92 Å². The number of hydrogen-bond acceptors (Lipinski definition) is 3. The van der Waals surface area contributed by atoms with Gasteiger partial charge in [0.1, 0.15) is 5.88 Å². The van der Waals surface area contributed by atoms with Crippen molar-refractivity contribution in [3.8, 4) is 11.5 Å². The van der Waals surface area contributed by atoms with Crippen molar-refractivity contribution < 1.29 is 23.0 Å². The lowest BCUT2D eigenvalue weighted by Crippen LogP contribution is -2.32. The zero-order valence-corrected chi connectivity index (χ0v) is 11.1. The second-order valence-corrected chi connectivity index (χ2v) is 4.24. The average Bonchev–Trinajstić information content (AvgIpc) is 2.68. The Morgan fingerprint density at radius 2 is 2.11 bits per heavy atom. The third-order valence-electron chi connectivity index (χ3n) is 2.81. The molecule has 1 heterocycles. The molecule has 0 saturated carbocycles. The van der Waals surface area contributed by atoms with E-state index < -0.39 is 6.29 Å². The fraction of sp³-hybridized carbons (Fsp3) is 0.417. The molecule has 1 aromatic carbocycles. The summed E-state index contributed by atoms with van der Waals surface area (Å²) in [6, 6.07) is 2.88. The van der Waals surface area contributed by atoms with Crippen LogP contribution in [0.3, 0.4) is 0 Å². The quantitative estimate of drug-likeness (QED) is 0.804. The van der Waals surface area contributed by atoms with Gasteiger partial charge in [0.25, 0.3) is 0 Å². The molecule has 104 valence electrons. The van der Waals surface area contributed by atoms with Crippen LogP contribution >= 0.6 is 11.6 Å². The van der Waals surface area contributed by atoms with Crippen LogP contribution in [-0.2, 0) is 4.79 Å². The fourth-order valence-electron chi connectivity index (χ4n) is 1.98. The molecular weight excluding hydrogens is 280 g/mol. The molecular formula is C12H12ClF2NO3. The zero-order chi connectivity index (χ0) is 14.2. The van der Waals surface area contributed by atoms with E-state index in [0.717, 1.165) is 0 Å². The van der Waals surface area contributed by atoms with Crippen molar-refractivity contribution in [1.82, 2.24) is 0 Å². The Hall–Kier alpha value is -1.56. The Bertz CT molecular complexity index is 522. The number of alkyl halides is 3. The number of amides is 1. The van der Waals surface area contributed by atoms with Crippen LogP contribution in [-0.4, -0.2) is 24.6 Å². The third-order valence-corrected chi connectivity index (χ3v) is 3.04. The maximum Gasteiger partial charge on any atom is 0.586 e. The Labute approximate surface area is 113 Å². The lowest BCUT2D eigenvalue weighted by molar-refractivity contribution is -0.286. The lowest BCUT2D eigenvalue weighted by Gasteiger charge is -2.22. The van der Waals surface area contributed by atoms with Gasteiger partial charge in [0.15, 0.2) is 11.5 Å². The topological polar surface area (TPSA) is 38.8 Å². The molecule has 0 aromatic heterocycles. The molecule has 0 spiro atoms. The number of carbonyl (C=O) groups excluding carboxylic acids is 1. The summed E-state index contributed by atoms with van der Waals surface area (Å²) >= 11 is 5.52. The first-order valence-corrected chi connectivity index (χ1v) is 6.19. The van der Waals surface area contributed by atoms with Crippen molar-refractivity contribution in [2.45, 2.75) is 20.1 Å². The number of halogens is 3. The van der Waals surface area contributed by atoms with Crippen LogP contribution in [0.25, 0.3) is 0 Å². The van der Waals surface area contributed by atoms with Gasteiger partial charge in [0.05, 0.1) is 5.69 Å². The molecule has 0 saturated heterocycles. The van der Waals surface area contributed by atoms with E-state index in [1.807, 2.05) is 0 Å². The summed E-state index contributed by atoms with van der Waals surface area (Å²) in [6.07, 6.45) is -3.67. The smallest absolute Gasteiger partial charge is 0.395 e. The van der Waals surface area contributed by atoms with Gasteiger partial charge < -0.3 is 14.4 Å². The van der Waals surface area contributed by atoms with Gasteiger partial charge in [0, 0.05) is 12.1 Å². The molecule has 1 aromatic rings. The minimum atomic E-state index is -3.67. The predicted octanol–water partition coefficient (Wildman–Crippen LogP) is 2.91. The van der Waals surface area contributed by atoms with Gasteiger partial charge >= 0.3 is 6.29 Å². The van der Waals surface area contributed by atoms with E-state index in [9.17, 15) is 13.6 Å². The summed E-state index contributed by atoms with van der Waals surface area (Å²) < 4.78 is 34.8. The van der Waals surface area contributed by atoms with E-state index in [1.165, 1.54) is 17.0 Å². The summed E-state index contributed by atoms with van der Waals surface area (Å²) in [5.74, 6) is -0.584. The summed E-state index contributed by atoms with van der Waals surface area (Å²) in [4.78, 5) is 13.1. The van der Waals surface area contributed by atoms with Gasteiger partial charge in [-0.3, -0.25) is 4.79 Å². The van der Waals surface area contributed by atoms with E-state index in [2.05, 4.69) is 9.47 Å². The largest absolute Gasteiger partial charge is 0.586 e. The maximum absolute atomic E-state index is 13.0. The minimum absolute atomic E-state index is 0.0411. The first-order valence-electron chi connectivity index (χ1n) is 5.65. The molecule has 0 bridgehead atoms. The Kier molecular flexibility index (Phi) is 3.54. The van der Waals surface area contributed by atoms with Crippen molar-refractivity contribution in [3.05, 3.63) is 17.7 Å². The van der Waals surface area contributed by atoms with Crippen LogP contribution in [0.2, 0.25) is 0 Å². The predicted molar refractivity (Wildman–Crippen MR) is 66.1 cm³/mol. The first-order chi connectivity index (χ1) is 8.89. The fourth-order valence-corrected chi connectivity index (χ4v) is 2.12. The van der Waals surface area contributed by atoms with Gasteiger partial charge in [-0.05, 0) is 26.0 Å². The number of rotatable bonds is 3. The van der Waals surface area contributed by atoms with Crippen molar-refractivity contribution in [2.24, 2.45) is 0 Å². The summed E-state index contributed by atoms with van der Waals surface area (Å²) in [5, 5.41) is 0. The standard InChI is InChI=1S/C12H12ClF2NO3/c1-3-16(10(17)6-13)8-4-5-9-11(7(8)2)19-12(14,15)18-9/h4-5H,3,6H2,1-2H3. The van der Waals surface area contributed by atoms with Crippen molar-refractivity contribution in [2.75, 3.05) is 17.3 Å². The molecule has 1 amide bonds. The highest BCUT2D eigenvalue weighted by atomic mass is 35.5. The molecule has 0 aliphatic carbocycles. The Balaban J connectivity index is 2.43. The van der Waals surface area contributed by atoms with Crippen LogP contribution < -0.4 is 14.4 Å². The highest BCUT2D eigenvalue weighted by Gasteiger charge is 2.44. The molecule has 1 aliphatic rings. The number of benzene rings is 1. The van der Waals surface area contributed by atoms with E-state index in [-0.39, 0.29) is 23.3 Å². The van der Waals surface area contributed by atoms with E-state index in [4.69, 9.17) is 11.6 Å². The van der Waals surface area contributed by atoms with Crippen molar-refractivity contribution in [1.29, 1.82) is 0 Å². The molecule has 2 rings (SSSR count). The molecule has 19 heavy (non-hydrogen) atoms. The van der Waals surface area contributed by atoms with E-state index in [1.54, 1.807) is 13.8 Å². The van der Waals surface area contributed by atoms with Crippen LogP contribution in [0.15, 0.2) is 12.1 Å². The summed E-state index contributed by atoms with van der Waals surface area (Å²) in [5.41, 5.74) is 0.892. The lowest BCUT2D eigenvalue weighted by atomic mass is 10.1. The second-order valence-electron chi connectivity index (χ2n) is 3.98. The molecule has 0 fully saturated rings. The Morgan fingerprint density at radius 1 is 1.42 bits per heavy atom. The molecule has 0 unspecified atom stereocenters.